The van der Waals surface area contributed by atoms with Crippen LogP contribution in [0, 0.1) is 0 Å². The molecule has 0 atom stereocenters. The van der Waals surface area contributed by atoms with Crippen LogP contribution in [0.5, 0.6) is 0 Å². The summed E-state index contributed by atoms with van der Waals surface area (Å²) in [7, 11) is 1.64. The second-order valence-electron chi connectivity index (χ2n) is 5.32. The molecule has 0 aliphatic rings. The minimum Gasteiger partial charge on any atom is -0.443 e. The van der Waals surface area contributed by atoms with Crippen LogP contribution in [-0.4, -0.2) is 20.8 Å². The third-order valence-corrected chi connectivity index (χ3v) is 3.21. The summed E-state index contributed by atoms with van der Waals surface area (Å²) < 4.78 is 8.65. The van der Waals surface area contributed by atoms with E-state index in [4.69, 9.17) is 4.74 Å². The van der Waals surface area contributed by atoms with Crippen LogP contribution in [0.15, 0.2) is 27.7 Å². The minimum absolute atomic E-state index is 0.242. The van der Waals surface area contributed by atoms with Gasteiger partial charge in [0, 0.05) is 29.3 Å². The predicted octanol–water partition coefficient (Wildman–Crippen LogP) is 2.89. The van der Waals surface area contributed by atoms with Crippen LogP contribution in [0.25, 0.3) is 10.9 Å². The number of halogens is 1. The standard InChI is InChI=1S/C13H15BrN2O3/c1-13(2,3)19-12(18)16-7-9(14)8-5-6-15(4)11(17)10(8)16/h5-7H,1-4H3. The molecule has 0 aliphatic heterocycles. The first kappa shape index (κ1) is 13.9. The van der Waals surface area contributed by atoms with Gasteiger partial charge in [0.15, 0.2) is 0 Å². The Morgan fingerprint density at radius 1 is 1.37 bits per heavy atom. The molecule has 0 spiro atoms. The quantitative estimate of drug-likeness (QED) is 0.748. The summed E-state index contributed by atoms with van der Waals surface area (Å²) in [5.41, 5.74) is -0.541. The van der Waals surface area contributed by atoms with E-state index >= 15 is 0 Å². The highest BCUT2D eigenvalue weighted by Crippen LogP contribution is 2.24. The smallest absolute Gasteiger partial charge is 0.419 e. The second-order valence-corrected chi connectivity index (χ2v) is 6.18. The van der Waals surface area contributed by atoms with Crippen molar-refractivity contribution in [3.05, 3.63) is 33.3 Å². The third-order valence-electron chi connectivity index (χ3n) is 2.57. The average molecular weight is 327 g/mol. The van der Waals surface area contributed by atoms with Gasteiger partial charge in [-0.25, -0.2) is 9.36 Å². The molecule has 2 heterocycles. The topological polar surface area (TPSA) is 53.2 Å². The third kappa shape index (κ3) is 2.58. The zero-order valence-electron chi connectivity index (χ0n) is 11.2. The molecule has 0 unspecified atom stereocenters. The molecule has 0 bridgehead atoms. The number of aromatic nitrogens is 2. The fourth-order valence-electron chi connectivity index (χ4n) is 1.74. The zero-order chi connectivity index (χ0) is 14.4. The van der Waals surface area contributed by atoms with Crippen molar-refractivity contribution in [3.63, 3.8) is 0 Å². The van der Waals surface area contributed by atoms with Crippen LogP contribution in [0.2, 0.25) is 0 Å². The van der Waals surface area contributed by atoms with E-state index in [1.807, 2.05) is 0 Å². The van der Waals surface area contributed by atoms with Gasteiger partial charge in [0.05, 0.1) is 0 Å². The lowest BCUT2D eigenvalue weighted by molar-refractivity contribution is 0.0544. The summed E-state index contributed by atoms with van der Waals surface area (Å²) in [5.74, 6) is 0. The monoisotopic (exact) mass is 326 g/mol. The Bertz CT molecular complexity index is 707. The van der Waals surface area contributed by atoms with Crippen LogP contribution in [0.1, 0.15) is 20.8 Å². The number of carbonyl (C=O) groups excluding carboxylic acids is 1. The van der Waals surface area contributed by atoms with Gasteiger partial charge in [0.2, 0.25) is 0 Å². The largest absolute Gasteiger partial charge is 0.443 e. The maximum atomic E-state index is 12.1. The molecule has 102 valence electrons. The molecular weight excluding hydrogens is 312 g/mol. The zero-order valence-corrected chi connectivity index (χ0v) is 12.8. The maximum absolute atomic E-state index is 12.1. The van der Waals surface area contributed by atoms with Gasteiger partial charge in [-0.05, 0) is 42.8 Å². The molecule has 0 amide bonds. The average Bonchev–Trinajstić information content (AvgIpc) is 2.60. The molecule has 2 rings (SSSR count). The van der Waals surface area contributed by atoms with Crippen molar-refractivity contribution in [2.45, 2.75) is 26.4 Å². The van der Waals surface area contributed by atoms with Crippen LogP contribution in [0.3, 0.4) is 0 Å². The predicted molar refractivity (Wildman–Crippen MR) is 76.5 cm³/mol. The van der Waals surface area contributed by atoms with Gasteiger partial charge < -0.3 is 9.30 Å². The van der Waals surface area contributed by atoms with Crippen molar-refractivity contribution < 1.29 is 9.53 Å². The van der Waals surface area contributed by atoms with E-state index in [0.717, 1.165) is 0 Å². The molecule has 0 N–H and O–H groups in total. The van der Waals surface area contributed by atoms with Crippen molar-refractivity contribution in [2.75, 3.05) is 0 Å². The fourth-order valence-corrected chi connectivity index (χ4v) is 2.27. The van der Waals surface area contributed by atoms with Crippen LogP contribution < -0.4 is 5.56 Å². The van der Waals surface area contributed by atoms with Gasteiger partial charge in [-0.3, -0.25) is 4.79 Å². The Labute approximate surface area is 118 Å². The number of fused-ring (bicyclic) bond motifs is 1. The lowest BCUT2D eigenvalue weighted by atomic mass is 10.2. The molecule has 0 radical (unpaired) electrons. The number of ether oxygens (including phenoxy) is 1. The second kappa shape index (κ2) is 4.52. The molecule has 2 aromatic rings. The van der Waals surface area contributed by atoms with E-state index < -0.39 is 11.7 Å². The van der Waals surface area contributed by atoms with Crippen LogP contribution in [-0.2, 0) is 11.8 Å². The summed E-state index contributed by atoms with van der Waals surface area (Å²) in [6.07, 6.45) is 2.65. The number of hydrogen-bond acceptors (Lipinski definition) is 3. The van der Waals surface area contributed by atoms with Crippen molar-refractivity contribution in [1.82, 2.24) is 9.13 Å². The fraction of sp³-hybridized carbons (Fsp3) is 0.385. The van der Waals surface area contributed by atoms with E-state index in [9.17, 15) is 9.59 Å². The summed E-state index contributed by atoms with van der Waals surface area (Å²) in [6, 6.07) is 1.78. The highest BCUT2D eigenvalue weighted by molar-refractivity contribution is 9.10. The van der Waals surface area contributed by atoms with Crippen molar-refractivity contribution in [2.24, 2.45) is 7.05 Å². The highest BCUT2D eigenvalue weighted by atomic mass is 79.9. The van der Waals surface area contributed by atoms with Gasteiger partial charge in [-0.2, -0.15) is 0 Å². The minimum atomic E-state index is -0.611. The van der Waals surface area contributed by atoms with E-state index in [1.54, 1.807) is 46.3 Å². The first-order chi connectivity index (χ1) is 8.70. The van der Waals surface area contributed by atoms with Crippen molar-refractivity contribution in [3.8, 4) is 0 Å². The van der Waals surface area contributed by atoms with E-state index in [-0.39, 0.29) is 5.56 Å². The Balaban J connectivity index is 2.65. The Morgan fingerprint density at radius 2 is 2.00 bits per heavy atom. The molecule has 0 saturated carbocycles. The summed E-state index contributed by atoms with van der Waals surface area (Å²) in [4.78, 5) is 24.3. The van der Waals surface area contributed by atoms with Crippen molar-refractivity contribution >= 4 is 32.9 Å². The molecule has 0 aliphatic carbocycles. The maximum Gasteiger partial charge on any atom is 0.419 e. The van der Waals surface area contributed by atoms with Crippen LogP contribution >= 0.6 is 15.9 Å². The Morgan fingerprint density at radius 3 is 2.58 bits per heavy atom. The highest BCUT2D eigenvalue weighted by Gasteiger charge is 2.21. The van der Waals surface area contributed by atoms with E-state index in [0.29, 0.717) is 15.4 Å². The van der Waals surface area contributed by atoms with Gasteiger partial charge in [0.1, 0.15) is 11.1 Å². The van der Waals surface area contributed by atoms with Gasteiger partial charge in [-0.15, -0.1) is 0 Å². The lowest BCUT2D eigenvalue weighted by Gasteiger charge is -2.19. The first-order valence-corrected chi connectivity index (χ1v) is 6.59. The number of rotatable bonds is 0. The molecule has 5 nitrogen and oxygen atoms in total. The molecule has 2 aromatic heterocycles. The number of carbonyl (C=O) groups is 1. The SMILES string of the molecule is Cn1ccc2c(Br)cn(C(=O)OC(C)(C)C)c2c1=O. The summed E-state index contributed by atoms with van der Waals surface area (Å²) >= 11 is 3.35. The van der Waals surface area contributed by atoms with Gasteiger partial charge in [0.25, 0.3) is 5.56 Å². The molecule has 6 heteroatoms. The number of nitrogens with zero attached hydrogens (tertiary/aromatic N) is 2. The van der Waals surface area contributed by atoms with Crippen LogP contribution in [0.4, 0.5) is 4.79 Å². The summed E-state index contributed by atoms with van der Waals surface area (Å²) in [5, 5.41) is 0.689. The first-order valence-electron chi connectivity index (χ1n) is 5.80. The number of pyridine rings is 1. The van der Waals surface area contributed by atoms with E-state index in [1.165, 1.54) is 9.13 Å². The van der Waals surface area contributed by atoms with Gasteiger partial charge >= 0.3 is 6.09 Å². The Hall–Kier alpha value is -1.56. The van der Waals surface area contributed by atoms with Crippen molar-refractivity contribution in [1.29, 1.82) is 0 Å². The molecule has 0 fully saturated rings. The number of aryl methyl sites for hydroxylation is 1. The number of hydrogen-bond donors (Lipinski definition) is 0. The Kier molecular flexibility index (Phi) is 3.30. The molecule has 0 saturated heterocycles. The lowest BCUT2D eigenvalue weighted by Crippen LogP contribution is -2.28. The molecule has 0 aromatic carbocycles. The summed E-state index contributed by atoms with van der Waals surface area (Å²) in [6.45, 7) is 5.34. The normalized spacial score (nSPS) is 11.8. The molecule has 19 heavy (non-hydrogen) atoms. The van der Waals surface area contributed by atoms with E-state index in [2.05, 4.69) is 15.9 Å². The molecular formula is C13H15BrN2O3. The van der Waals surface area contributed by atoms with Gasteiger partial charge in [-0.1, -0.05) is 0 Å².